The van der Waals surface area contributed by atoms with E-state index in [-0.39, 0.29) is 23.3 Å². The van der Waals surface area contributed by atoms with Crippen molar-refractivity contribution in [1.29, 1.82) is 0 Å². The second-order valence-corrected chi connectivity index (χ2v) is 6.72. The molecule has 0 saturated carbocycles. The summed E-state index contributed by atoms with van der Waals surface area (Å²) in [6, 6.07) is 1.56. The predicted octanol–water partition coefficient (Wildman–Crippen LogP) is 2.37. The zero-order chi connectivity index (χ0) is 18.5. The third-order valence-corrected chi connectivity index (χ3v) is 5.13. The highest BCUT2D eigenvalue weighted by atomic mass is 16.2. The van der Waals surface area contributed by atoms with Gasteiger partial charge >= 0.3 is 0 Å². The molecule has 0 atom stereocenters. The van der Waals surface area contributed by atoms with Crippen LogP contribution in [0.3, 0.4) is 0 Å². The molecular weight excluding hydrogens is 330 g/mol. The second kappa shape index (κ2) is 8.21. The van der Waals surface area contributed by atoms with Gasteiger partial charge in [0.05, 0.1) is 11.9 Å². The van der Waals surface area contributed by atoms with Crippen LogP contribution in [-0.2, 0) is 4.79 Å². The van der Waals surface area contributed by atoms with Crippen molar-refractivity contribution in [3.05, 3.63) is 40.7 Å². The highest BCUT2D eigenvalue weighted by Crippen LogP contribution is 2.28. The van der Waals surface area contributed by atoms with Crippen molar-refractivity contribution in [3.63, 3.8) is 0 Å². The fraction of sp³-hybridized carbons (Fsp3) is 0.526. The Bertz CT molecular complexity index is 793. The van der Waals surface area contributed by atoms with Gasteiger partial charge in [0.25, 0.3) is 5.56 Å². The molecule has 1 aliphatic rings. The Hall–Kier alpha value is -2.57. The number of carbonyl (C=O) groups is 1. The third kappa shape index (κ3) is 3.98. The lowest BCUT2D eigenvalue weighted by Crippen LogP contribution is -2.41. The summed E-state index contributed by atoms with van der Waals surface area (Å²) in [5.74, 6) is 0.995. The number of hydrogen-bond donors (Lipinski definition) is 1. The lowest BCUT2D eigenvalue weighted by atomic mass is 9.91. The van der Waals surface area contributed by atoms with E-state index >= 15 is 0 Å². The van der Waals surface area contributed by atoms with Crippen LogP contribution < -0.4 is 5.56 Å². The van der Waals surface area contributed by atoms with Crippen molar-refractivity contribution in [3.8, 4) is 11.5 Å². The van der Waals surface area contributed by atoms with E-state index in [9.17, 15) is 9.59 Å². The SMILES string of the molecule is CCC(CC)C(=O)N1CCC(c2cc(=O)[nH]c(-c3cnccn3)n2)CC1. The zero-order valence-electron chi connectivity index (χ0n) is 15.3. The van der Waals surface area contributed by atoms with Crippen LogP contribution in [0.4, 0.5) is 0 Å². The topological polar surface area (TPSA) is 91.8 Å². The Balaban J connectivity index is 1.73. The lowest BCUT2D eigenvalue weighted by molar-refractivity contribution is -0.136. The Labute approximate surface area is 152 Å². The number of amides is 1. The number of aromatic amines is 1. The maximum absolute atomic E-state index is 12.5. The van der Waals surface area contributed by atoms with Crippen LogP contribution in [0.1, 0.15) is 51.1 Å². The molecule has 138 valence electrons. The van der Waals surface area contributed by atoms with Gasteiger partial charge < -0.3 is 9.88 Å². The minimum Gasteiger partial charge on any atom is -0.342 e. The predicted molar refractivity (Wildman–Crippen MR) is 98.5 cm³/mol. The van der Waals surface area contributed by atoms with Crippen LogP contribution in [0.15, 0.2) is 29.5 Å². The van der Waals surface area contributed by atoms with Crippen molar-refractivity contribution < 1.29 is 4.79 Å². The van der Waals surface area contributed by atoms with Crippen LogP contribution in [-0.4, -0.2) is 43.8 Å². The van der Waals surface area contributed by atoms with Crippen LogP contribution in [0, 0.1) is 5.92 Å². The van der Waals surface area contributed by atoms with Crippen molar-refractivity contribution in [1.82, 2.24) is 24.8 Å². The zero-order valence-corrected chi connectivity index (χ0v) is 15.3. The molecule has 26 heavy (non-hydrogen) atoms. The van der Waals surface area contributed by atoms with E-state index < -0.39 is 0 Å². The third-order valence-electron chi connectivity index (χ3n) is 5.13. The van der Waals surface area contributed by atoms with Gasteiger partial charge in [-0.2, -0.15) is 0 Å². The summed E-state index contributed by atoms with van der Waals surface area (Å²) < 4.78 is 0. The van der Waals surface area contributed by atoms with E-state index in [1.165, 1.54) is 0 Å². The van der Waals surface area contributed by atoms with E-state index in [0.29, 0.717) is 11.5 Å². The number of H-pyrrole nitrogens is 1. The van der Waals surface area contributed by atoms with E-state index in [2.05, 4.69) is 33.8 Å². The highest BCUT2D eigenvalue weighted by molar-refractivity contribution is 5.78. The number of aromatic nitrogens is 4. The minimum atomic E-state index is -0.189. The molecule has 1 aliphatic heterocycles. The maximum atomic E-state index is 12.5. The molecule has 1 fully saturated rings. The molecule has 0 unspecified atom stereocenters. The Morgan fingerprint density at radius 1 is 1.27 bits per heavy atom. The van der Waals surface area contributed by atoms with E-state index in [4.69, 9.17) is 0 Å². The monoisotopic (exact) mass is 355 g/mol. The van der Waals surface area contributed by atoms with E-state index in [1.54, 1.807) is 24.7 Å². The van der Waals surface area contributed by atoms with Gasteiger partial charge in [-0.15, -0.1) is 0 Å². The summed E-state index contributed by atoms with van der Waals surface area (Å²) in [6.07, 6.45) is 8.14. The van der Waals surface area contributed by atoms with Gasteiger partial charge in [0.2, 0.25) is 5.91 Å². The minimum absolute atomic E-state index is 0.118. The first-order valence-corrected chi connectivity index (χ1v) is 9.28. The second-order valence-electron chi connectivity index (χ2n) is 6.72. The fourth-order valence-corrected chi connectivity index (χ4v) is 3.52. The smallest absolute Gasteiger partial charge is 0.251 e. The summed E-state index contributed by atoms with van der Waals surface area (Å²) in [7, 11) is 0. The Kier molecular flexibility index (Phi) is 5.75. The van der Waals surface area contributed by atoms with Crippen molar-refractivity contribution in [2.24, 2.45) is 5.92 Å². The van der Waals surface area contributed by atoms with Crippen molar-refractivity contribution >= 4 is 5.91 Å². The average Bonchev–Trinajstić information content (AvgIpc) is 2.69. The van der Waals surface area contributed by atoms with Crippen LogP contribution in [0.2, 0.25) is 0 Å². The molecule has 1 amide bonds. The van der Waals surface area contributed by atoms with Crippen LogP contribution in [0.25, 0.3) is 11.5 Å². The Morgan fingerprint density at radius 3 is 2.62 bits per heavy atom. The quantitative estimate of drug-likeness (QED) is 0.889. The number of nitrogens with zero attached hydrogens (tertiary/aromatic N) is 4. The number of hydrogen-bond acceptors (Lipinski definition) is 5. The number of piperidine rings is 1. The molecule has 0 aliphatic carbocycles. The number of rotatable bonds is 5. The highest BCUT2D eigenvalue weighted by Gasteiger charge is 2.28. The number of likely N-dealkylation sites (tertiary alicyclic amines) is 1. The van der Waals surface area contributed by atoms with Gasteiger partial charge in [0.1, 0.15) is 5.69 Å². The summed E-state index contributed by atoms with van der Waals surface area (Å²) in [5.41, 5.74) is 1.13. The van der Waals surface area contributed by atoms with Gasteiger partial charge in [-0.05, 0) is 25.7 Å². The summed E-state index contributed by atoms with van der Waals surface area (Å²) in [4.78, 5) is 42.1. The average molecular weight is 355 g/mol. The first-order valence-electron chi connectivity index (χ1n) is 9.28. The molecule has 0 spiro atoms. The molecule has 0 aromatic carbocycles. The van der Waals surface area contributed by atoms with Gasteiger partial charge in [0.15, 0.2) is 5.82 Å². The van der Waals surface area contributed by atoms with E-state index in [0.717, 1.165) is 44.5 Å². The number of nitrogens with one attached hydrogen (secondary N) is 1. The molecule has 0 bridgehead atoms. The van der Waals surface area contributed by atoms with Gasteiger partial charge in [-0.25, -0.2) is 9.97 Å². The van der Waals surface area contributed by atoms with Crippen molar-refractivity contribution in [2.75, 3.05) is 13.1 Å². The largest absolute Gasteiger partial charge is 0.342 e. The van der Waals surface area contributed by atoms with Crippen LogP contribution in [0.5, 0.6) is 0 Å². The van der Waals surface area contributed by atoms with Crippen molar-refractivity contribution in [2.45, 2.75) is 45.4 Å². The normalized spacial score (nSPS) is 15.4. The standard InChI is InChI=1S/C19H25N5O2/c1-3-13(4-2)19(26)24-9-5-14(6-10-24)15-11-17(25)23-18(22-15)16-12-20-7-8-21-16/h7-8,11-14H,3-6,9-10H2,1-2H3,(H,22,23,25). The molecule has 2 aromatic rings. The molecule has 3 rings (SSSR count). The molecule has 7 heteroatoms. The summed E-state index contributed by atoms with van der Waals surface area (Å²) >= 11 is 0. The fourth-order valence-electron chi connectivity index (χ4n) is 3.52. The Morgan fingerprint density at radius 2 is 2.00 bits per heavy atom. The van der Waals surface area contributed by atoms with Gasteiger partial charge in [-0.1, -0.05) is 13.8 Å². The summed E-state index contributed by atoms with van der Waals surface area (Å²) in [6.45, 7) is 5.56. The maximum Gasteiger partial charge on any atom is 0.251 e. The molecule has 7 nitrogen and oxygen atoms in total. The molecule has 3 heterocycles. The molecule has 1 N–H and O–H groups in total. The molecular formula is C19H25N5O2. The van der Waals surface area contributed by atoms with Gasteiger partial charge in [0, 0.05) is 43.4 Å². The molecule has 2 aromatic heterocycles. The lowest BCUT2D eigenvalue weighted by Gasteiger charge is -2.33. The van der Waals surface area contributed by atoms with Gasteiger partial charge in [-0.3, -0.25) is 14.6 Å². The molecule has 1 saturated heterocycles. The van der Waals surface area contributed by atoms with Crippen LogP contribution >= 0.6 is 0 Å². The molecule has 0 radical (unpaired) electrons. The summed E-state index contributed by atoms with van der Waals surface area (Å²) in [5, 5.41) is 0. The van der Waals surface area contributed by atoms with E-state index in [1.807, 2.05) is 4.90 Å². The first-order chi connectivity index (χ1) is 12.6. The number of carbonyl (C=O) groups excluding carboxylic acids is 1. The first kappa shape index (κ1) is 18.2.